The highest BCUT2D eigenvalue weighted by Gasteiger charge is 2.77. The molecular formula is C15H26BNO2. The minimum absolute atomic E-state index is 0.0359. The van der Waals surface area contributed by atoms with Gasteiger partial charge in [-0.1, -0.05) is 0 Å². The van der Waals surface area contributed by atoms with Crippen molar-refractivity contribution >= 4 is 7.12 Å². The van der Waals surface area contributed by atoms with Crippen LogP contribution < -0.4 is 5.32 Å². The molecule has 4 heteroatoms. The van der Waals surface area contributed by atoms with Crippen LogP contribution in [0.25, 0.3) is 0 Å². The van der Waals surface area contributed by atoms with E-state index < -0.39 is 0 Å². The maximum absolute atomic E-state index is 6.28. The summed E-state index contributed by atoms with van der Waals surface area (Å²) in [5, 5.41) is 3.87. The first-order valence-electron chi connectivity index (χ1n) is 7.85. The molecule has 0 amide bonds. The Labute approximate surface area is 116 Å². The normalized spacial score (nSPS) is 49.9. The summed E-state index contributed by atoms with van der Waals surface area (Å²) < 4.78 is 12.6. The SMILES string of the molecule is CC1(C)OB(C23CC(C4CCNC4)(C2)C3)OC1(C)C. The van der Waals surface area contributed by atoms with Gasteiger partial charge in [0.05, 0.1) is 11.2 Å². The van der Waals surface area contributed by atoms with Crippen LogP contribution in [0.15, 0.2) is 0 Å². The van der Waals surface area contributed by atoms with Gasteiger partial charge < -0.3 is 14.6 Å². The van der Waals surface area contributed by atoms with Gasteiger partial charge in [-0.15, -0.1) is 0 Å². The van der Waals surface area contributed by atoms with E-state index in [9.17, 15) is 0 Å². The van der Waals surface area contributed by atoms with Crippen molar-refractivity contribution in [1.82, 2.24) is 5.32 Å². The Balaban J connectivity index is 1.45. The third-order valence-electron chi connectivity index (χ3n) is 6.79. The molecule has 0 radical (unpaired) electrons. The summed E-state index contributed by atoms with van der Waals surface area (Å²) in [6.07, 6.45) is 5.38. The van der Waals surface area contributed by atoms with E-state index in [1.807, 2.05) is 0 Å². The van der Waals surface area contributed by atoms with E-state index in [0.717, 1.165) is 5.92 Å². The molecule has 0 aromatic rings. The zero-order valence-corrected chi connectivity index (χ0v) is 12.7. The second-order valence-corrected chi connectivity index (χ2v) is 8.53. The van der Waals surface area contributed by atoms with E-state index in [-0.39, 0.29) is 18.3 Å². The lowest BCUT2D eigenvalue weighted by Crippen LogP contribution is -2.66. The van der Waals surface area contributed by atoms with Gasteiger partial charge in [0.1, 0.15) is 0 Å². The summed E-state index contributed by atoms with van der Waals surface area (Å²) in [5.41, 5.74) is 0.303. The average Bonchev–Trinajstić information content (AvgIpc) is 2.70. The summed E-state index contributed by atoms with van der Waals surface area (Å²) in [6.45, 7) is 11.1. The minimum Gasteiger partial charge on any atom is -0.403 e. The summed E-state index contributed by atoms with van der Waals surface area (Å²) >= 11 is 0. The fourth-order valence-electron chi connectivity index (χ4n) is 4.90. The molecule has 1 N–H and O–H groups in total. The van der Waals surface area contributed by atoms with E-state index >= 15 is 0 Å². The Morgan fingerprint density at radius 3 is 2.05 bits per heavy atom. The number of nitrogens with one attached hydrogen (secondary N) is 1. The molecule has 5 fully saturated rings. The Morgan fingerprint density at radius 1 is 1.00 bits per heavy atom. The predicted octanol–water partition coefficient (Wildman–Crippen LogP) is 2.61. The molecule has 2 heterocycles. The Kier molecular flexibility index (Phi) is 2.27. The molecule has 19 heavy (non-hydrogen) atoms. The van der Waals surface area contributed by atoms with Crippen molar-refractivity contribution in [3.05, 3.63) is 0 Å². The smallest absolute Gasteiger partial charge is 0.403 e. The van der Waals surface area contributed by atoms with Crippen LogP contribution in [0.5, 0.6) is 0 Å². The van der Waals surface area contributed by atoms with Crippen LogP contribution in [-0.2, 0) is 9.31 Å². The van der Waals surface area contributed by atoms with Crippen molar-refractivity contribution in [2.45, 2.75) is 69.9 Å². The first-order valence-corrected chi connectivity index (χ1v) is 7.85. The van der Waals surface area contributed by atoms with Gasteiger partial charge in [0.25, 0.3) is 0 Å². The van der Waals surface area contributed by atoms with Gasteiger partial charge in [-0.2, -0.15) is 0 Å². The quantitative estimate of drug-likeness (QED) is 0.777. The highest BCUT2D eigenvalue weighted by Crippen LogP contribution is 2.83. The molecule has 0 aromatic heterocycles. The van der Waals surface area contributed by atoms with Gasteiger partial charge in [0.15, 0.2) is 0 Å². The lowest BCUT2D eigenvalue weighted by atomic mass is 9.22. The van der Waals surface area contributed by atoms with Crippen LogP contribution in [0.4, 0.5) is 0 Å². The molecular weight excluding hydrogens is 237 g/mol. The van der Waals surface area contributed by atoms with Crippen molar-refractivity contribution in [3.63, 3.8) is 0 Å². The third-order valence-corrected chi connectivity index (χ3v) is 6.79. The summed E-state index contributed by atoms with van der Waals surface area (Å²) in [6, 6.07) is 0. The molecule has 2 saturated heterocycles. The lowest BCUT2D eigenvalue weighted by Gasteiger charge is -2.73. The molecule has 2 bridgehead atoms. The van der Waals surface area contributed by atoms with Crippen LogP contribution >= 0.6 is 0 Å². The van der Waals surface area contributed by atoms with Gasteiger partial charge in [-0.05, 0) is 77.8 Å². The molecule has 5 rings (SSSR count). The number of rotatable bonds is 2. The fraction of sp³-hybridized carbons (Fsp3) is 1.00. The van der Waals surface area contributed by atoms with Crippen molar-refractivity contribution in [2.24, 2.45) is 11.3 Å². The van der Waals surface area contributed by atoms with Gasteiger partial charge in [-0.25, -0.2) is 0 Å². The molecule has 2 aliphatic heterocycles. The van der Waals surface area contributed by atoms with Crippen LogP contribution in [0.2, 0.25) is 5.31 Å². The van der Waals surface area contributed by atoms with Crippen LogP contribution in [0, 0.1) is 11.3 Å². The average molecular weight is 263 g/mol. The first-order chi connectivity index (χ1) is 8.79. The largest absolute Gasteiger partial charge is 0.464 e. The van der Waals surface area contributed by atoms with E-state index in [1.165, 1.54) is 38.8 Å². The Hall–Kier alpha value is -0.0551. The van der Waals surface area contributed by atoms with Crippen molar-refractivity contribution in [1.29, 1.82) is 0 Å². The molecule has 0 spiro atoms. The van der Waals surface area contributed by atoms with E-state index in [2.05, 4.69) is 33.0 Å². The zero-order chi connectivity index (χ0) is 13.5. The number of hydrogen-bond acceptors (Lipinski definition) is 3. The summed E-state index contributed by atoms with van der Waals surface area (Å²) in [5.74, 6) is 0.914. The van der Waals surface area contributed by atoms with Crippen LogP contribution in [0.1, 0.15) is 53.4 Å². The van der Waals surface area contributed by atoms with Crippen molar-refractivity contribution in [2.75, 3.05) is 13.1 Å². The Bertz CT molecular complexity index is 379. The van der Waals surface area contributed by atoms with Gasteiger partial charge in [0, 0.05) is 5.31 Å². The molecule has 5 aliphatic rings. The zero-order valence-electron chi connectivity index (χ0n) is 12.7. The topological polar surface area (TPSA) is 30.5 Å². The summed E-state index contributed by atoms with van der Waals surface area (Å²) in [7, 11) is 0.0359. The van der Waals surface area contributed by atoms with Gasteiger partial charge in [-0.3, -0.25) is 0 Å². The van der Waals surface area contributed by atoms with E-state index in [1.54, 1.807) is 0 Å². The lowest BCUT2D eigenvalue weighted by molar-refractivity contribution is -0.147. The molecule has 3 saturated carbocycles. The minimum atomic E-state index is -0.171. The van der Waals surface area contributed by atoms with Crippen molar-refractivity contribution in [3.8, 4) is 0 Å². The first kappa shape index (κ1) is 12.7. The van der Waals surface area contributed by atoms with Gasteiger partial charge >= 0.3 is 7.12 Å². The maximum atomic E-state index is 6.28. The molecule has 3 aliphatic carbocycles. The Morgan fingerprint density at radius 2 is 1.58 bits per heavy atom. The molecule has 106 valence electrons. The molecule has 1 unspecified atom stereocenters. The van der Waals surface area contributed by atoms with Gasteiger partial charge in [0.2, 0.25) is 0 Å². The fourth-order valence-corrected chi connectivity index (χ4v) is 4.90. The van der Waals surface area contributed by atoms with Crippen LogP contribution in [-0.4, -0.2) is 31.4 Å². The molecule has 3 nitrogen and oxygen atoms in total. The predicted molar refractivity (Wildman–Crippen MR) is 76.0 cm³/mol. The third kappa shape index (κ3) is 1.46. The van der Waals surface area contributed by atoms with Crippen LogP contribution in [0.3, 0.4) is 0 Å². The van der Waals surface area contributed by atoms with E-state index in [4.69, 9.17) is 9.31 Å². The highest BCUT2D eigenvalue weighted by atomic mass is 16.7. The second-order valence-electron chi connectivity index (χ2n) is 8.53. The monoisotopic (exact) mass is 263 g/mol. The standard InChI is InChI=1S/C15H26BNO2/c1-12(2)13(3,4)19-16(18-12)15-8-14(9-15,10-15)11-5-6-17-7-11/h11,17H,5-10H2,1-4H3. The molecule has 1 atom stereocenters. The number of hydrogen-bond donors (Lipinski definition) is 1. The van der Waals surface area contributed by atoms with Crippen molar-refractivity contribution < 1.29 is 9.31 Å². The molecule has 0 aromatic carbocycles. The highest BCUT2D eigenvalue weighted by molar-refractivity contribution is 6.51. The van der Waals surface area contributed by atoms with E-state index in [0.29, 0.717) is 10.7 Å². The summed E-state index contributed by atoms with van der Waals surface area (Å²) in [4.78, 5) is 0. The second kappa shape index (κ2) is 3.40. The maximum Gasteiger partial charge on any atom is 0.464 e.